The number of thioether (sulfide) groups is 1. The van der Waals surface area contributed by atoms with Gasteiger partial charge in [-0.3, -0.25) is 4.79 Å². The second-order valence-electron chi connectivity index (χ2n) is 7.65. The topological polar surface area (TPSA) is 49.9 Å². The first-order chi connectivity index (χ1) is 15.4. The van der Waals surface area contributed by atoms with Gasteiger partial charge < -0.3 is 14.5 Å². The molecule has 0 bridgehead atoms. The molecular formula is C24H23FN2O3S2. The summed E-state index contributed by atoms with van der Waals surface area (Å²) in [5.74, 6) is -1.19. The summed E-state index contributed by atoms with van der Waals surface area (Å²) in [7, 11) is 3.89. The van der Waals surface area contributed by atoms with E-state index < -0.39 is 17.3 Å². The van der Waals surface area contributed by atoms with Crippen LogP contribution in [0.3, 0.4) is 0 Å². The van der Waals surface area contributed by atoms with E-state index in [1.54, 1.807) is 34.5 Å². The number of carbonyl (C=O) groups is 2. The molecule has 5 nitrogen and oxygen atoms in total. The van der Waals surface area contributed by atoms with Crippen LogP contribution in [0, 0.1) is 5.82 Å². The molecule has 0 radical (unpaired) electrons. The third kappa shape index (κ3) is 4.87. The van der Waals surface area contributed by atoms with Crippen LogP contribution in [0.2, 0.25) is 0 Å². The lowest BCUT2D eigenvalue weighted by molar-refractivity contribution is -0.127. The predicted octanol–water partition coefficient (Wildman–Crippen LogP) is 4.85. The van der Waals surface area contributed by atoms with Crippen molar-refractivity contribution in [3.8, 4) is 0 Å². The fourth-order valence-electron chi connectivity index (χ4n) is 3.49. The molecule has 1 aliphatic rings. The van der Waals surface area contributed by atoms with E-state index in [2.05, 4.69) is 0 Å². The highest BCUT2D eigenvalue weighted by molar-refractivity contribution is 7.99. The average molecular weight is 471 g/mol. The molecule has 3 aromatic rings. The number of carbonyl (C=O) groups excluding carboxylic acids is 2. The molecule has 2 aromatic carbocycles. The van der Waals surface area contributed by atoms with Gasteiger partial charge in [0.05, 0.1) is 10.9 Å². The molecule has 0 saturated heterocycles. The number of halogens is 1. The molecule has 1 aromatic heterocycles. The second-order valence-corrected chi connectivity index (χ2v) is 9.79. The number of benzene rings is 2. The van der Waals surface area contributed by atoms with Crippen molar-refractivity contribution in [1.82, 2.24) is 4.90 Å². The highest BCUT2D eigenvalue weighted by Gasteiger charge is 2.41. The number of nitrogens with zero attached hydrogens (tertiary/aromatic N) is 2. The lowest BCUT2D eigenvalue weighted by Gasteiger charge is -2.28. The van der Waals surface area contributed by atoms with Crippen molar-refractivity contribution in [2.45, 2.75) is 16.2 Å². The number of hydrogen-bond donors (Lipinski definition) is 0. The first-order valence-electron chi connectivity index (χ1n) is 10.2. The highest BCUT2D eigenvalue weighted by atomic mass is 32.2. The number of hydrogen-bond acceptors (Lipinski definition) is 6. The summed E-state index contributed by atoms with van der Waals surface area (Å²) in [6, 6.07) is 17.1. The molecule has 2 heterocycles. The summed E-state index contributed by atoms with van der Waals surface area (Å²) < 4.78 is 19.5. The first kappa shape index (κ1) is 22.5. The number of ether oxygens (including phenoxy) is 1. The number of amides is 1. The van der Waals surface area contributed by atoms with Crippen molar-refractivity contribution in [3.05, 3.63) is 82.3 Å². The van der Waals surface area contributed by atoms with Crippen LogP contribution in [0.5, 0.6) is 0 Å². The highest BCUT2D eigenvalue weighted by Crippen LogP contribution is 2.46. The largest absolute Gasteiger partial charge is 0.446 e. The Morgan fingerprint density at radius 2 is 1.84 bits per heavy atom. The van der Waals surface area contributed by atoms with E-state index >= 15 is 0 Å². The van der Waals surface area contributed by atoms with Gasteiger partial charge in [-0.15, -0.1) is 23.1 Å². The van der Waals surface area contributed by atoms with Gasteiger partial charge in [-0.25, -0.2) is 9.18 Å². The molecule has 8 heteroatoms. The van der Waals surface area contributed by atoms with Crippen LogP contribution in [0.15, 0.2) is 70.9 Å². The molecule has 2 unspecified atom stereocenters. The van der Waals surface area contributed by atoms with Crippen molar-refractivity contribution in [1.29, 1.82) is 0 Å². The third-order valence-electron chi connectivity index (χ3n) is 5.12. The maximum atomic E-state index is 13.8. The van der Waals surface area contributed by atoms with Gasteiger partial charge in [0.1, 0.15) is 10.7 Å². The Hall–Kier alpha value is -2.68. The van der Waals surface area contributed by atoms with Gasteiger partial charge in [-0.2, -0.15) is 0 Å². The van der Waals surface area contributed by atoms with Crippen LogP contribution in [0.25, 0.3) is 0 Å². The van der Waals surface area contributed by atoms with Crippen LogP contribution in [0.4, 0.5) is 10.1 Å². The van der Waals surface area contributed by atoms with Gasteiger partial charge in [0, 0.05) is 18.0 Å². The van der Waals surface area contributed by atoms with Crippen LogP contribution >= 0.6 is 23.1 Å². The normalized spacial score (nSPS) is 18.4. The maximum absolute atomic E-state index is 13.8. The van der Waals surface area contributed by atoms with Crippen LogP contribution in [-0.4, -0.2) is 50.1 Å². The lowest BCUT2D eigenvalue weighted by atomic mass is 10.1. The Bertz CT molecular complexity index is 1090. The summed E-state index contributed by atoms with van der Waals surface area (Å²) in [6.45, 7) is 1.10. The van der Waals surface area contributed by atoms with E-state index in [0.29, 0.717) is 18.0 Å². The van der Waals surface area contributed by atoms with Crippen LogP contribution in [-0.2, 0) is 9.53 Å². The summed E-state index contributed by atoms with van der Waals surface area (Å²) in [5.41, 5.74) is 1.50. The Kier molecular flexibility index (Phi) is 6.93. The van der Waals surface area contributed by atoms with Crippen LogP contribution < -0.4 is 4.90 Å². The summed E-state index contributed by atoms with van der Waals surface area (Å²) in [6.07, 6.45) is -1.06. The Morgan fingerprint density at radius 3 is 2.53 bits per heavy atom. The summed E-state index contributed by atoms with van der Waals surface area (Å²) in [4.78, 5) is 31.7. The Morgan fingerprint density at radius 1 is 1.09 bits per heavy atom. The van der Waals surface area contributed by atoms with Crippen molar-refractivity contribution < 1.29 is 18.7 Å². The molecule has 0 fully saturated rings. The number of fused-ring (bicyclic) bond motifs is 1. The van der Waals surface area contributed by atoms with Gasteiger partial charge in [-0.05, 0) is 55.4 Å². The van der Waals surface area contributed by atoms with E-state index in [4.69, 9.17) is 4.74 Å². The van der Waals surface area contributed by atoms with Crippen molar-refractivity contribution in [3.63, 3.8) is 0 Å². The average Bonchev–Trinajstić information content (AvgIpc) is 3.29. The van der Waals surface area contributed by atoms with Gasteiger partial charge >= 0.3 is 5.97 Å². The van der Waals surface area contributed by atoms with Gasteiger partial charge in [0.15, 0.2) is 6.10 Å². The third-order valence-corrected chi connectivity index (χ3v) is 7.34. The quantitative estimate of drug-likeness (QED) is 0.482. The molecule has 1 amide bonds. The Balaban J connectivity index is 1.77. The number of rotatable bonds is 6. The molecule has 0 spiro atoms. The standard InChI is InChI=1S/C24H23FN2O3S2/c1-26(2)13-14-27-18-6-3-4-7-19(18)32-22(16-9-11-17(25)12-10-16)21(23(27)28)30-24(29)20-8-5-15-31-20/h3-12,15,21-22H,13-14H2,1-2H3. The molecule has 0 saturated carbocycles. The minimum Gasteiger partial charge on any atom is -0.446 e. The molecule has 166 valence electrons. The minimum absolute atomic E-state index is 0.288. The molecule has 2 atom stereocenters. The van der Waals surface area contributed by atoms with E-state index in [1.807, 2.05) is 43.3 Å². The number of para-hydroxylation sites is 1. The minimum atomic E-state index is -1.06. The van der Waals surface area contributed by atoms with Gasteiger partial charge in [-0.1, -0.05) is 30.3 Å². The van der Waals surface area contributed by atoms with Crippen molar-refractivity contribution >= 4 is 40.7 Å². The monoisotopic (exact) mass is 470 g/mol. The van der Waals surface area contributed by atoms with E-state index in [-0.39, 0.29) is 11.7 Å². The van der Waals surface area contributed by atoms with E-state index in [1.165, 1.54) is 35.2 Å². The molecular weight excluding hydrogens is 447 g/mol. The summed E-state index contributed by atoms with van der Waals surface area (Å²) >= 11 is 2.72. The second kappa shape index (κ2) is 9.85. The molecule has 4 rings (SSSR count). The molecule has 1 aliphatic heterocycles. The first-order valence-corrected chi connectivity index (χ1v) is 11.9. The number of likely N-dealkylation sites (N-methyl/N-ethyl adjacent to an activating group) is 1. The number of anilines is 1. The number of thiophene rings is 1. The lowest BCUT2D eigenvalue weighted by Crippen LogP contribution is -2.45. The van der Waals surface area contributed by atoms with E-state index in [0.717, 1.165) is 16.1 Å². The zero-order chi connectivity index (χ0) is 22.7. The number of esters is 1. The zero-order valence-electron chi connectivity index (χ0n) is 17.7. The summed E-state index contributed by atoms with van der Waals surface area (Å²) in [5, 5.41) is 1.27. The predicted molar refractivity (Wildman–Crippen MR) is 126 cm³/mol. The fourth-order valence-corrected chi connectivity index (χ4v) is 5.41. The van der Waals surface area contributed by atoms with Gasteiger partial charge in [0.25, 0.3) is 5.91 Å². The molecule has 32 heavy (non-hydrogen) atoms. The SMILES string of the molecule is CN(C)CCN1C(=O)C(OC(=O)c2cccs2)C(c2ccc(F)cc2)Sc2ccccc21. The van der Waals surface area contributed by atoms with E-state index in [9.17, 15) is 14.0 Å². The molecule has 0 aliphatic carbocycles. The van der Waals surface area contributed by atoms with Gasteiger partial charge in [0.2, 0.25) is 0 Å². The van der Waals surface area contributed by atoms with Crippen LogP contribution in [0.1, 0.15) is 20.5 Å². The van der Waals surface area contributed by atoms with Crippen molar-refractivity contribution in [2.24, 2.45) is 0 Å². The fraction of sp³-hybridized carbons (Fsp3) is 0.250. The maximum Gasteiger partial charge on any atom is 0.349 e. The van der Waals surface area contributed by atoms with Crippen molar-refractivity contribution in [2.75, 3.05) is 32.1 Å². The Labute approximate surface area is 194 Å². The molecule has 0 N–H and O–H groups in total. The smallest absolute Gasteiger partial charge is 0.349 e. The zero-order valence-corrected chi connectivity index (χ0v) is 19.4.